The highest BCUT2D eigenvalue weighted by atomic mass is 19.1. The van der Waals surface area contributed by atoms with Crippen molar-refractivity contribution in [3.05, 3.63) is 35.3 Å². The molecule has 10 heteroatoms. The molecule has 1 aromatic rings. The summed E-state index contributed by atoms with van der Waals surface area (Å²) >= 11 is 0. The number of unbranched alkanes of at least 4 members (excludes halogenated alkanes) is 1. The third kappa shape index (κ3) is 9.56. The van der Waals surface area contributed by atoms with E-state index in [1.54, 1.807) is 26.2 Å². The second kappa shape index (κ2) is 14.9. The normalized spacial score (nSPS) is 14.3. The van der Waals surface area contributed by atoms with Gasteiger partial charge in [-0.2, -0.15) is 0 Å². The highest BCUT2D eigenvalue weighted by molar-refractivity contribution is 5.69. The Bertz CT molecular complexity index is 782. The zero-order valence-corrected chi connectivity index (χ0v) is 19.8. The van der Waals surface area contributed by atoms with Crippen LogP contribution in [0.1, 0.15) is 57.4 Å². The fourth-order valence-corrected chi connectivity index (χ4v) is 3.39. The van der Waals surface area contributed by atoms with Gasteiger partial charge in [-0.05, 0) is 50.3 Å². The van der Waals surface area contributed by atoms with E-state index in [2.05, 4.69) is 6.92 Å². The predicted octanol–water partition coefficient (Wildman–Crippen LogP) is 3.54. The van der Waals surface area contributed by atoms with Crippen LogP contribution >= 0.6 is 0 Å². The van der Waals surface area contributed by atoms with Gasteiger partial charge in [0.05, 0.1) is 17.5 Å². The zero-order chi connectivity index (χ0) is 24.8. The topological polar surface area (TPSA) is 131 Å². The summed E-state index contributed by atoms with van der Waals surface area (Å²) in [5.41, 5.74) is 7.31. The minimum Gasteiger partial charge on any atom is -0.487 e. The lowest BCUT2D eigenvalue weighted by Crippen LogP contribution is -2.34. The number of carboxylic acid groups (broad SMARTS) is 1. The molecule has 1 amide bonds. The van der Waals surface area contributed by atoms with Crippen molar-refractivity contribution < 1.29 is 28.6 Å². The third-order valence-electron chi connectivity index (χ3n) is 5.32. The summed E-state index contributed by atoms with van der Waals surface area (Å²) in [7, 11) is 3.27. The maximum atomic E-state index is 14.6. The first-order valence-corrected chi connectivity index (χ1v) is 11.1. The molecule has 0 heterocycles. The Morgan fingerprint density at radius 1 is 1.27 bits per heavy atom. The number of nitrogens with zero attached hydrogens (tertiary/aromatic N) is 2. The molecule has 0 aromatic heterocycles. The number of amides is 1. The molecule has 0 aliphatic heterocycles. The smallest absolute Gasteiger partial charge is 0.409 e. The van der Waals surface area contributed by atoms with E-state index >= 15 is 0 Å². The van der Waals surface area contributed by atoms with E-state index in [0.717, 1.165) is 38.5 Å². The number of ether oxygens (including phenoxy) is 2. The molecule has 186 valence electrons. The highest BCUT2D eigenvalue weighted by Crippen LogP contribution is 2.27. The van der Waals surface area contributed by atoms with Crippen molar-refractivity contribution >= 4 is 18.3 Å². The van der Waals surface area contributed by atoms with E-state index < -0.39 is 11.9 Å². The largest absolute Gasteiger partial charge is 0.487 e. The number of rotatable bonds is 9. The summed E-state index contributed by atoms with van der Waals surface area (Å²) in [6.45, 7) is 2.29. The lowest BCUT2D eigenvalue weighted by atomic mass is 9.98. The maximum Gasteiger partial charge on any atom is 0.409 e. The van der Waals surface area contributed by atoms with Gasteiger partial charge in [-0.3, -0.25) is 4.79 Å². The molecule has 0 unspecified atom stereocenters. The van der Waals surface area contributed by atoms with Gasteiger partial charge < -0.3 is 30.2 Å². The highest BCUT2D eigenvalue weighted by Gasteiger charge is 2.19. The Morgan fingerprint density at radius 3 is 2.45 bits per heavy atom. The van der Waals surface area contributed by atoms with E-state index in [-0.39, 0.29) is 30.6 Å². The Morgan fingerprint density at radius 2 is 1.91 bits per heavy atom. The molecule has 5 N–H and O–H groups in total. The first-order chi connectivity index (χ1) is 15.7. The molecule has 2 rings (SSSR count). The van der Waals surface area contributed by atoms with Gasteiger partial charge in [0.15, 0.2) is 11.6 Å². The first-order valence-electron chi connectivity index (χ1n) is 11.1. The number of carbonyl (C=O) groups excluding carboxylic acids is 1. The van der Waals surface area contributed by atoms with Crippen LogP contribution in [0.15, 0.2) is 23.9 Å². The lowest BCUT2D eigenvalue weighted by molar-refractivity contribution is -0.122. The van der Waals surface area contributed by atoms with Crippen LogP contribution < -0.4 is 16.3 Å². The molecular formula is C23H37FN4O5. The Kier molecular flexibility index (Phi) is 12.7. The van der Waals surface area contributed by atoms with Crippen molar-refractivity contribution in [2.45, 2.75) is 58.0 Å². The minimum absolute atomic E-state index is 0.0573. The summed E-state index contributed by atoms with van der Waals surface area (Å²) in [5.74, 6) is 5.63. The summed E-state index contributed by atoms with van der Waals surface area (Å²) in [6.07, 6.45) is 6.79. The molecular weight excluding hydrogens is 431 g/mol. The summed E-state index contributed by atoms with van der Waals surface area (Å²) in [4.78, 5) is 22.0. The average molecular weight is 469 g/mol. The number of hydrogen-bond donors (Lipinski definition) is 3. The van der Waals surface area contributed by atoms with Crippen molar-refractivity contribution in [1.29, 1.82) is 0 Å². The fraction of sp³-hybridized carbons (Fsp3) is 0.565. The van der Waals surface area contributed by atoms with Crippen LogP contribution in [0, 0.1) is 5.82 Å². The average Bonchev–Trinajstić information content (AvgIpc) is 2.79. The van der Waals surface area contributed by atoms with E-state index in [4.69, 9.17) is 31.0 Å². The summed E-state index contributed by atoms with van der Waals surface area (Å²) in [5, 5.41) is 8.17. The van der Waals surface area contributed by atoms with Gasteiger partial charge in [0.25, 0.3) is 6.47 Å². The first kappa shape index (κ1) is 28.0. The standard InChI is InChI=1S/C22H35FN4O3.CH2O2/c1-4-5-13-26(2)22(28)29-15-19(27(3)25)21(24)16-11-12-20(18(23)14-16)30-17-9-7-6-8-10-17;2-1-3/h11-12,14,17H,4-10,13,15,24-25H2,1-3H3;1H,(H,2,3)/b21-19-;. The molecule has 1 aliphatic rings. The predicted molar refractivity (Wildman–Crippen MR) is 125 cm³/mol. The van der Waals surface area contributed by atoms with Crippen LogP contribution in [0.2, 0.25) is 0 Å². The van der Waals surface area contributed by atoms with Gasteiger partial charge in [0, 0.05) is 26.2 Å². The number of benzene rings is 1. The van der Waals surface area contributed by atoms with E-state index in [1.807, 2.05) is 0 Å². The Labute approximate surface area is 195 Å². The van der Waals surface area contributed by atoms with Crippen molar-refractivity contribution in [3.63, 3.8) is 0 Å². The number of nitrogens with two attached hydrogens (primary N) is 2. The Balaban J connectivity index is 0.00000172. The SMILES string of the molecule is CCCCN(C)C(=O)OC/C(=C(/N)c1ccc(OC2CCCCC2)c(F)c1)N(C)N.O=CO. The van der Waals surface area contributed by atoms with Gasteiger partial charge in [0.1, 0.15) is 6.61 Å². The fourth-order valence-electron chi connectivity index (χ4n) is 3.39. The van der Waals surface area contributed by atoms with Gasteiger partial charge in [-0.15, -0.1) is 0 Å². The number of hydrazine groups is 1. The molecule has 33 heavy (non-hydrogen) atoms. The summed E-state index contributed by atoms with van der Waals surface area (Å²) < 4.78 is 25.8. The summed E-state index contributed by atoms with van der Waals surface area (Å²) in [6, 6.07) is 4.60. The number of halogens is 1. The van der Waals surface area contributed by atoms with Gasteiger partial charge in [-0.25, -0.2) is 15.0 Å². The van der Waals surface area contributed by atoms with Gasteiger partial charge >= 0.3 is 6.09 Å². The van der Waals surface area contributed by atoms with Gasteiger partial charge in [0.2, 0.25) is 0 Å². The quantitative estimate of drug-likeness (QED) is 0.285. The zero-order valence-electron chi connectivity index (χ0n) is 19.8. The second-order valence-corrected chi connectivity index (χ2v) is 7.93. The molecule has 1 fully saturated rings. The number of likely N-dealkylation sites (N-methyl/N-ethyl adjacent to an activating group) is 1. The van der Waals surface area contributed by atoms with E-state index in [1.165, 1.54) is 22.4 Å². The number of hydrogen-bond acceptors (Lipinski definition) is 7. The second-order valence-electron chi connectivity index (χ2n) is 7.93. The van der Waals surface area contributed by atoms with Crippen molar-refractivity contribution in [2.24, 2.45) is 11.6 Å². The van der Waals surface area contributed by atoms with Crippen LogP contribution in [0.3, 0.4) is 0 Å². The molecule has 9 nitrogen and oxygen atoms in total. The van der Waals surface area contributed by atoms with E-state index in [9.17, 15) is 9.18 Å². The maximum absolute atomic E-state index is 14.6. The molecule has 0 radical (unpaired) electrons. The van der Waals surface area contributed by atoms with Crippen LogP contribution in [-0.2, 0) is 9.53 Å². The molecule has 0 bridgehead atoms. The van der Waals surface area contributed by atoms with E-state index in [0.29, 0.717) is 17.8 Å². The molecule has 1 aliphatic carbocycles. The molecule has 1 aromatic carbocycles. The lowest BCUT2D eigenvalue weighted by Gasteiger charge is -2.24. The van der Waals surface area contributed by atoms with Crippen molar-refractivity contribution in [1.82, 2.24) is 9.91 Å². The third-order valence-corrected chi connectivity index (χ3v) is 5.32. The molecule has 1 saturated carbocycles. The minimum atomic E-state index is -0.476. The van der Waals surface area contributed by atoms with Gasteiger partial charge in [-0.1, -0.05) is 19.8 Å². The number of carbonyl (C=O) groups is 2. The van der Waals surface area contributed by atoms with Crippen molar-refractivity contribution in [2.75, 3.05) is 27.2 Å². The van der Waals surface area contributed by atoms with Crippen LogP contribution in [-0.4, -0.2) is 60.9 Å². The Hall–Kier alpha value is -3.01. The monoisotopic (exact) mass is 468 g/mol. The molecule has 0 saturated heterocycles. The van der Waals surface area contributed by atoms with Crippen LogP contribution in [0.25, 0.3) is 5.70 Å². The van der Waals surface area contributed by atoms with Crippen molar-refractivity contribution in [3.8, 4) is 5.75 Å². The van der Waals surface area contributed by atoms with Crippen LogP contribution in [0.4, 0.5) is 9.18 Å². The molecule has 0 spiro atoms. The molecule has 0 atom stereocenters. The van der Waals surface area contributed by atoms with Crippen LogP contribution in [0.5, 0.6) is 5.75 Å².